The SMILES string of the molecule is CC(=O)[C@H]1CC[C@H](NC(=O)OC(C)(C)C)CC1. The molecule has 1 rings (SSSR count). The van der Waals surface area contributed by atoms with Gasteiger partial charge in [-0.25, -0.2) is 4.79 Å². The molecule has 0 aromatic heterocycles. The molecule has 0 saturated heterocycles. The van der Waals surface area contributed by atoms with Crippen molar-refractivity contribution in [1.29, 1.82) is 0 Å². The Kier molecular flexibility index (Phi) is 4.54. The zero-order valence-corrected chi connectivity index (χ0v) is 11.2. The van der Waals surface area contributed by atoms with Gasteiger partial charge in [0.1, 0.15) is 11.4 Å². The van der Waals surface area contributed by atoms with Gasteiger partial charge in [-0.1, -0.05) is 0 Å². The molecule has 0 atom stereocenters. The van der Waals surface area contributed by atoms with Crippen molar-refractivity contribution in [3.63, 3.8) is 0 Å². The number of ether oxygens (including phenoxy) is 1. The van der Waals surface area contributed by atoms with Crippen LogP contribution in [0.1, 0.15) is 53.4 Å². The minimum absolute atomic E-state index is 0.153. The van der Waals surface area contributed by atoms with Crippen LogP contribution >= 0.6 is 0 Å². The molecule has 1 aliphatic carbocycles. The summed E-state index contributed by atoms with van der Waals surface area (Å²) in [6, 6.07) is 0.153. The lowest BCUT2D eigenvalue weighted by molar-refractivity contribution is -0.121. The maximum absolute atomic E-state index is 11.5. The second-order valence-electron chi connectivity index (χ2n) is 5.81. The lowest BCUT2D eigenvalue weighted by atomic mass is 9.84. The second kappa shape index (κ2) is 5.52. The first-order valence-corrected chi connectivity index (χ1v) is 6.28. The maximum atomic E-state index is 11.5. The number of Topliss-reactive ketones (excluding diaryl/α,β-unsaturated/α-hetero) is 1. The van der Waals surface area contributed by atoms with Crippen molar-refractivity contribution in [2.45, 2.75) is 65.0 Å². The molecule has 0 heterocycles. The van der Waals surface area contributed by atoms with Crippen LogP contribution in [-0.4, -0.2) is 23.5 Å². The van der Waals surface area contributed by atoms with E-state index in [9.17, 15) is 9.59 Å². The molecule has 0 aromatic rings. The van der Waals surface area contributed by atoms with E-state index in [0.717, 1.165) is 25.7 Å². The molecular weight excluding hydrogens is 218 g/mol. The van der Waals surface area contributed by atoms with Gasteiger partial charge in [-0.3, -0.25) is 4.79 Å². The average molecular weight is 241 g/mol. The van der Waals surface area contributed by atoms with E-state index in [4.69, 9.17) is 4.74 Å². The largest absolute Gasteiger partial charge is 0.444 e. The van der Waals surface area contributed by atoms with E-state index in [2.05, 4.69) is 5.32 Å². The summed E-state index contributed by atoms with van der Waals surface area (Å²) in [6.45, 7) is 7.18. The Bertz CT molecular complexity index is 286. The second-order valence-corrected chi connectivity index (χ2v) is 5.81. The smallest absolute Gasteiger partial charge is 0.407 e. The number of nitrogens with one attached hydrogen (secondary N) is 1. The van der Waals surface area contributed by atoms with Crippen molar-refractivity contribution in [3.8, 4) is 0 Å². The predicted octanol–water partition coefficient (Wildman–Crippen LogP) is 2.66. The van der Waals surface area contributed by atoms with Gasteiger partial charge >= 0.3 is 6.09 Å². The van der Waals surface area contributed by atoms with E-state index >= 15 is 0 Å². The molecule has 0 radical (unpaired) electrons. The minimum Gasteiger partial charge on any atom is -0.444 e. The van der Waals surface area contributed by atoms with Gasteiger partial charge in [-0.05, 0) is 53.4 Å². The molecule has 4 nitrogen and oxygen atoms in total. The summed E-state index contributed by atoms with van der Waals surface area (Å²) in [4.78, 5) is 22.7. The number of hydrogen-bond donors (Lipinski definition) is 1. The Labute approximate surface area is 103 Å². The molecule has 0 aliphatic heterocycles. The van der Waals surface area contributed by atoms with Crippen molar-refractivity contribution in [2.75, 3.05) is 0 Å². The van der Waals surface area contributed by atoms with Gasteiger partial charge in [0, 0.05) is 12.0 Å². The lowest BCUT2D eigenvalue weighted by Crippen LogP contribution is -2.41. The van der Waals surface area contributed by atoms with E-state index in [1.165, 1.54) is 0 Å². The minimum atomic E-state index is -0.458. The first kappa shape index (κ1) is 14.0. The summed E-state index contributed by atoms with van der Waals surface area (Å²) in [5, 5.41) is 2.86. The molecule has 17 heavy (non-hydrogen) atoms. The molecule has 0 unspecified atom stereocenters. The summed E-state index contributed by atoms with van der Waals surface area (Å²) in [5.41, 5.74) is -0.458. The van der Waals surface area contributed by atoms with E-state index in [0.29, 0.717) is 0 Å². The zero-order chi connectivity index (χ0) is 13.1. The number of carbonyl (C=O) groups excluding carboxylic acids is 2. The van der Waals surface area contributed by atoms with E-state index in [-0.39, 0.29) is 23.8 Å². The van der Waals surface area contributed by atoms with Crippen LogP contribution in [0, 0.1) is 5.92 Å². The summed E-state index contributed by atoms with van der Waals surface area (Å²) in [5.74, 6) is 0.451. The van der Waals surface area contributed by atoms with Crippen LogP contribution in [0.2, 0.25) is 0 Å². The van der Waals surface area contributed by atoms with Gasteiger partial charge < -0.3 is 10.1 Å². The van der Waals surface area contributed by atoms with E-state index < -0.39 is 5.60 Å². The van der Waals surface area contributed by atoms with Gasteiger partial charge in [-0.15, -0.1) is 0 Å². The van der Waals surface area contributed by atoms with Crippen LogP contribution in [0.3, 0.4) is 0 Å². The standard InChI is InChI=1S/C13H23NO3/c1-9(15)10-5-7-11(8-6-10)14-12(16)17-13(2,3)4/h10-11H,5-8H2,1-4H3,(H,14,16)/t10-,11-. The van der Waals surface area contributed by atoms with Crippen molar-refractivity contribution in [2.24, 2.45) is 5.92 Å². The first-order chi connectivity index (χ1) is 7.78. The fraction of sp³-hybridized carbons (Fsp3) is 0.846. The summed E-state index contributed by atoms with van der Waals surface area (Å²) in [6.07, 6.45) is 3.11. The third-order valence-electron chi connectivity index (χ3n) is 3.02. The van der Waals surface area contributed by atoms with Gasteiger partial charge in [0.25, 0.3) is 0 Å². The predicted molar refractivity (Wildman–Crippen MR) is 65.8 cm³/mol. The zero-order valence-electron chi connectivity index (χ0n) is 11.2. The number of carbonyl (C=O) groups is 2. The molecule has 98 valence electrons. The highest BCUT2D eigenvalue weighted by Crippen LogP contribution is 2.25. The lowest BCUT2D eigenvalue weighted by Gasteiger charge is -2.28. The van der Waals surface area contributed by atoms with Crippen LogP contribution in [0.5, 0.6) is 0 Å². The third-order valence-corrected chi connectivity index (χ3v) is 3.02. The third kappa shape index (κ3) is 5.20. The summed E-state index contributed by atoms with van der Waals surface area (Å²) >= 11 is 0. The Morgan fingerprint density at radius 3 is 2.06 bits per heavy atom. The molecule has 1 N–H and O–H groups in total. The number of hydrogen-bond acceptors (Lipinski definition) is 3. The molecular formula is C13H23NO3. The summed E-state index contributed by atoms with van der Waals surface area (Å²) < 4.78 is 5.20. The van der Waals surface area contributed by atoms with Crippen LogP contribution < -0.4 is 5.32 Å². The fourth-order valence-corrected chi connectivity index (χ4v) is 2.12. The van der Waals surface area contributed by atoms with Gasteiger partial charge in [0.2, 0.25) is 0 Å². The van der Waals surface area contributed by atoms with Crippen LogP contribution in [0.25, 0.3) is 0 Å². The Hall–Kier alpha value is -1.06. The molecule has 1 aliphatic rings. The van der Waals surface area contributed by atoms with Crippen molar-refractivity contribution < 1.29 is 14.3 Å². The summed E-state index contributed by atoms with van der Waals surface area (Å²) in [7, 11) is 0. The van der Waals surface area contributed by atoms with Crippen LogP contribution in [0.15, 0.2) is 0 Å². The normalized spacial score (nSPS) is 25.2. The van der Waals surface area contributed by atoms with Crippen molar-refractivity contribution >= 4 is 11.9 Å². The number of ketones is 1. The van der Waals surface area contributed by atoms with Crippen LogP contribution in [0.4, 0.5) is 4.79 Å². The first-order valence-electron chi connectivity index (χ1n) is 6.28. The topological polar surface area (TPSA) is 55.4 Å². The van der Waals surface area contributed by atoms with Crippen LogP contribution in [-0.2, 0) is 9.53 Å². The maximum Gasteiger partial charge on any atom is 0.407 e. The highest BCUT2D eigenvalue weighted by Gasteiger charge is 2.26. The quantitative estimate of drug-likeness (QED) is 0.808. The molecule has 1 saturated carbocycles. The Balaban J connectivity index is 2.31. The molecule has 0 spiro atoms. The van der Waals surface area contributed by atoms with Gasteiger partial charge in [0.05, 0.1) is 0 Å². The van der Waals surface area contributed by atoms with Gasteiger partial charge in [0.15, 0.2) is 0 Å². The average Bonchev–Trinajstić information content (AvgIpc) is 2.15. The number of rotatable bonds is 2. The Morgan fingerprint density at radius 1 is 1.12 bits per heavy atom. The Morgan fingerprint density at radius 2 is 1.65 bits per heavy atom. The van der Waals surface area contributed by atoms with Crippen molar-refractivity contribution in [1.82, 2.24) is 5.32 Å². The fourth-order valence-electron chi connectivity index (χ4n) is 2.12. The molecule has 1 fully saturated rings. The molecule has 4 heteroatoms. The van der Waals surface area contributed by atoms with Crippen molar-refractivity contribution in [3.05, 3.63) is 0 Å². The van der Waals surface area contributed by atoms with Gasteiger partial charge in [-0.2, -0.15) is 0 Å². The highest BCUT2D eigenvalue weighted by molar-refractivity contribution is 5.78. The molecule has 0 aromatic carbocycles. The number of amides is 1. The number of alkyl carbamates (subject to hydrolysis) is 1. The molecule has 1 amide bonds. The van der Waals surface area contributed by atoms with E-state index in [1.807, 2.05) is 20.8 Å². The molecule has 0 bridgehead atoms. The monoisotopic (exact) mass is 241 g/mol. The van der Waals surface area contributed by atoms with E-state index in [1.54, 1.807) is 6.92 Å². The highest BCUT2D eigenvalue weighted by atomic mass is 16.6.